The van der Waals surface area contributed by atoms with Gasteiger partial charge in [0, 0.05) is 49.4 Å². The van der Waals surface area contributed by atoms with Crippen LogP contribution in [-0.4, -0.2) is 44.9 Å². The number of rotatable bonds is 5. The van der Waals surface area contributed by atoms with E-state index in [1.165, 1.54) is 11.3 Å². The van der Waals surface area contributed by atoms with Crippen molar-refractivity contribution < 1.29 is 9.32 Å². The van der Waals surface area contributed by atoms with Gasteiger partial charge in [-0.15, -0.1) is 0 Å². The molecule has 7 heteroatoms. The quantitative estimate of drug-likeness (QED) is 0.898. The second-order valence-electron chi connectivity index (χ2n) is 7.32. The van der Waals surface area contributed by atoms with Crippen LogP contribution in [0.5, 0.6) is 0 Å². The van der Waals surface area contributed by atoms with E-state index in [9.17, 15) is 4.79 Å². The molecule has 2 aromatic rings. The van der Waals surface area contributed by atoms with E-state index in [1.54, 1.807) is 0 Å². The van der Waals surface area contributed by atoms with Crippen LogP contribution in [0.3, 0.4) is 0 Å². The summed E-state index contributed by atoms with van der Waals surface area (Å²) in [6.07, 6.45) is 6.30. The van der Waals surface area contributed by atoms with Gasteiger partial charge in [-0.25, -0.2) is 0 Å². The Morgan fingerprint density at radius 3 is 2.96 bits per heavy atom. The van der Waals surface area contributed by atoms with Crippen molar-refractivity contribution in [3.05, 3.63) is 35.0 Å². The number of aromatic nitrogens is 3. The normalized spacial score (nSPS) is 21.4. The third kappa shape index (κ3) is 3.61. The molecule has 25 heavy (non-hydrogen) atoms. The average molecular weight is 343 g/mol. The number of nitrogens with one attached hydrogen (secondary N) is 1. The van der Waals surface area contributed by atoms with Gasteiger partial charge in [0.15, 0.2) is 0 Å². The highest BCUT2D eigenvalue weighted by Gasteiger charge is 2.28. The van der Waals surface area contributed by atoms with Gasteiger partial charge in [0.05, 0.1) is 11.9 Å². The smallest absolute Gasteiger partial charge is 0.290 e. The molecule has 1 N–H and O–H groups in total. The van der Waals surface area contributed by atoms with Gasteiger partial charge in [-0.3, -0.25) is 14.4 Å². The van der Waals surface area contributed by atoms with Gasteiger partial charge in [-0.2, -0.15) is 5.10 Å². The van der Waals surface area contributed by atoms with Crippen LogP contribution in [0.15, 0.2) is 16.8 Å². The van der Waals surface area contributed by atoms with Crippen LogP contribution in [-0.2, 0) is 13.6 Å². The Morgan fingerprint density at radius 2 is 2.24 bits per heavy atom. The maximum absolute atomic E-state index is 12.1. The van der Waals surface area contributed by atoms with Crippen molar-refractivity contribution in [1.82, 2.24) is 25.2 Å². The fourth-order valence-corrected chi connectivity index (χ4v) is 3.45. The number of likely N-dealkylation sites (tertiary alicyclic amines) is 1. The van der Waals surface area contributed by atoms with Crippen molar-refractivity contribution in [3.8, 4) is 0 Å². The van der Waals surface area contributed by atoms with Gasteiger partial charge in [0.25, 0.3) is 5.91 Å². The molecule has 0 aromatic carbocycles. The second kappa shape index (κ2) is 6.63. The summed E-state index contributed by atoms with van der Waals surface area (Å²) >= 11 is 0. The van der Waals surface area contributed by atoms with Crippen LogP contribution >= 0.6 is 0 Å². The Labute approximate surface area is 147 Å². The van der Waals surface area contributed by atoms with E-state index in [0.717, 1.165) is 51.0 Å². The van der Waals surface area contributed by atoms with E-state index in [4.69, 9.17) is 4.52 Å². The Balaban J connectivity index is 1.40. The van der Waals surface area contributed by atoms with E-state index < -0.39 is 0 Å². The summed E-state index contributed by atoms with van der Waals surface area (Å²) in [4.78, 5) is 14.5. The van der Waals surface area contributed by atoms with Crippen molar-refractivity contribution in [3.63, 3.8) is 0 Å². The lowest BCUT2D eigenvalue weighted by atomic mass is 9.94. The van der Waals surface area contributed by atoms with Crippen LogP contribution in [0.2, 0.25) is 0 Å². The zero-order valence-electron chi connectivity index (χ0n) is 14.9. The van der Waals surface area contributed by atoms with Gasteiger partial charge in [-0.1, -0.05) is 5.16 Å². The van der Waals surface area contributed by atoms with Gasteiger partial charge in [-0.05, 0) is 39.2 Å². The number of aryl methyl sites for hydroxylation is 1. The molecule has 0 unspecified atom stereocenters. The fourth-order valence-electron chi connectivity index (χ4n) is 3.45. The zero-order chi connectivity index (χ0) is 17.4. The average Bonchev–Trinajstić information content (AvgIpc) is 3.18. The van der Waals surface area contributed by atoms with Crippen molar-refractivity contribution in [2.24, 2.45) is 7.05 Å². The maximum atomic E-state index is 12.1. The summed E-state index contributed by atoms with van der Waals surface area (Å²) < 4.78 is 7.21. The molecule has 1 saturated carbocycles. The summed E-state index contributed by atoms with van der Waals surface area (Å²) in [6.45, 7) is 5.03. The molecular formula is C18H25N5O2. The van der Waals surface area contributed by atoms with Crippen molar-refractivity contribution in [1.29, 1.82) is 0 Å². The first-order valence-corrected chi connectivity index (χ1v) is 9.07. The summed E-state index contributed by atoms with van der Waals surface area (Å²) in [5.74, 6) is 0.513. The first kappa shape index (κ1) is 16.3. The molecule has 0 bridgehead atoms. The number of nitrogens with zero attached hydrogens (tertiary/aromatic N) is 4. The first-order valence-electron chi connectivity index (χ1n) is 9.07. The van der Waals surface area contributed by atoms with E-state index in [0.29, 0.717) is 17.7 Å². The number of carbonyl (C=O) groups excluding carboxylic acids is 1. The number of hydrogen-bond acceptors (Lipinski definition) is 5. The predicted octanol–water partition coefficient (Wildman–Crippen LogP) is 1.99. The van der Waals surface area contributed by atoms with E-state index in [-0.39, 0.29) is 5.91 Å². The van der Waals surface area contributed by atoms with Gasteiger partial charge in [0.1, 0.15) is 0 Å². The zero-order valence-corrected chi connectivity index (χ0v) is 14.9. The molecule has 1 saturated heterocycles. The molecular weight excluding hydrogens is 318 g/mol. The third-order valence-corrected chi connectivity index (χ3v) is 5.32. The van der Waals surface area contributed by atoms with Crippen LogP contribution in [0.1, 0.15) is 59.1 Å². The minimum absolute atomic E-state index is 0.139. The molecule has 1 aliphatic carbocycles. The molecule has 7 nitrogen and oxygen atoms in total. The monoisotopic (exact) mass is 343 g/mol. The van der Waals surface area contributed by atoms with Crippen LogP contribution in [0.25, 0.3) is 0 Å². The highest BCUT2D eigenvalue weighted by molar-refractivity contribution is 5.91. The van der Waals surface area contributed by atoms with Crippen molar-refractivity contribution in [2.75, 3.05) is 13.1 Å². The highest BCUT2D eigenvalue weighted by atomic mass is 16.5. The lowest BCUT2D eigenvalue weighted by Gasteiger charge is -2.31. The van der Waals surface area contributed by atoms with E-state index in [2.05, 4.69) is 27.4 Å². The topological polar surface area (TPSA) is 76.2 Å². The van der Waals surface area contributed by atoms with Gasteiger partial charge >= 0.3 is 0 Å². The second-order valence-corrected chi connectivity index (χ2v) is 7.32. The molecule has 0 spiro atoms. The fraction of sp³-hybridized carbons (Fsp3) is 0.611. The third-order valence-electron chi connectivity index (χ3n) is 5.32. The molecule has 134 valence electrons. The van der Waals surface area contributed by atoms with Gasteiger partial charge in [0.2, 0.25) is 5.76 Å². The minimum atomic E-state index is -0.139. The van der Waals surface area contributed by atoms with E-state index in [1.807, 2.05) is 24.0 Å². The molecule has 4 rings (SSSR count). The van der Waals surface area contributed by atoms with E-state index >= 15 is 0 Å². The standard InChI is InChI=1S/C18H25N5O2/c1-12-14(9-19-22(12)2)11-23-7-3-4-13(10-23)16-8-17(25-21-16)18(24)20-15-5-6-15/h8-9,13,15H,3-7,10-11H2,1-2H3,(H,20,24)/t13-/m1/s1. The van der Waals surface area contributed by atoms with Crippen molar-refractivity contribution in [2.45, 2.75) is 51.1 Å². The Morgan fingerprint density at radius 1 is 1.40 bits per heavy atom. The SMILES string of the molecule is Cc1c(CN2CCC[C@@H](c3cc(C(=O)NC4CC4)on3)C2)cnn1C. The first-order chi connectivity index (χ1) is 12.1. The van der Waals surface area contributed by atoms with Crippen LogP contribution in [0, 0.1) is 6.92 Å². The minimum Gasteiger partial charge on any atom is -0.351 e. The van der Waals surface area contributed by atoms with Crippen molar-refractivity contribution >= 4 is 5.91 Å². The molecule has 1 aliphatic heterocycles. The Bertz CT molecular complexity index is 761. The van der Waals surface area contributed by atoms with Crippen LogP contribution in [0.4, 0.5) is 0 Å². The Hall–Kier alpha value is -2.15. The summed E-state index contributed by atoms with van der Waals surface area (Å²) in [7, 11) is 1.97. The number of amides is 1. The molecule has 1 atom stereocenters. The van der Waals surface area contributed by atoms with Crippen LogP contribution < -0.4 is 5.32 Å². The summed E-state index contributed by atoms with van der Waals surface area (Å²) in [5, 5.41) is 11.4. The molecule has 2 fully saturated rings. The highest BCUT2D eigenvalue weighted by Crippen LogP contribution is 2.28. The molecule has 2 aliphatic rings. The number of piperidine rings is 1. The lowest BCUT2D eigenvalue weighted by Crippen LogP contribution is -2.34. The molecule has 3 heterocycles. The molecule has 1 amide bonds. The lowest BCUT2D eigenvalue weighted by molar-refractivity contribution is 0.0914. The largest absolute Gasteiger partial charge is 0.351 e. The maximum Gasteiger partial charge on any atom is 0.290 e. The number of carbonyl (C=O) groups is 1. The number of hydrogen-bond donors (Lipinski definition) is 1. The van der Waals surface area contributed by atoms with Gasteiger partial charge < -0.3 is 9.84 Å². The summed E-state index contributed by atoms with van der Waals surface area (Å²) in [6, 6.07) is 2.15. The Kier molecular flexibility index (Phi) is 4.33. The molecule has 2 aromatic heterocycles. The predicted molar refractivity (Wildman–Crippen MR) is 92.2 cm³/mol. The molecule has 0 radical (unpaired) electrons. The summed E-state index contributed by atoms with van der Waals surface area (Å²) in [5.41, 5.74) is 3.38.